The molecule has 0 saturated carbocycles. The second kappa shape index (κ2) is 4.82. The molecule has 2 rings (SSSR count). The van der Waals surface area contributed by atoms with Gasteiger partial charge in [-0.25, -0.2) is 0 Å². The number of rotatable bonds is 4. The van der Waals surface area contributed by atoms with Gasteiger partial charge in [0.2, 0.25) is 0 Å². The van der Waals surface area contributed by atoms with Gasteiger partial charge in [0.25, 0.3) is 0 Å². The molecule has 1 aromatic heterocycles. The van der Waals surface area contributed by atoms with Crippen LogP contribution in [-0.4, -0.2) is 23.8 Å². The summed E-state index contributed by atoms with van der Waals surface area (Å²) in [6.45, 7) is 2.15. The lowest BCUT2D eigenvalue weighted by Gasteiger charge is -2.03. The molecule has 0 saturated heterocycles. The predicted octanol–water partition coefficient (Wildman–Crippen LogP) is 2.09. The third-order valence-corrected chi connectivity index (χ3v) is 2.60. The Bertz CT molecular complexity index is 557. The number of nitrogens with one attached hydrogen (secondary N) is 1. The number of esters is 1. The van der Waals surface area contributed by atoms with Crippen LogP contribution in [0, 0.1) is 0 Å². The zero-order valence-electron chi connectivity index (χ0n) is 9.53. The second-order valence-corrected chi connectivity index (χ2v) is 3.68. The molecule has 0 radical (unpaired) electrons. The molecule has 1 heterocycles. The minimum absolute atomic E-state index is 0.212. The maximum atomic E-state index is 11.4. The molecule has 17 heavy (non-hydrogen) atoms. The topological polar surface area (TPSA) is 59.2 Å². The van der Waals surface area contributed by atoms with Crippen molar-refractivity contribution in [2.24, 2.45) is 0 Å². The third kappa shape index (κ3) is 2.20. The number of H-pyrrole nitrogens is 1. The van der Waals surface area contributed by atoms with Crippen LogP contribution >= 0.6 is 0 Å². The number of fused-ring (bicyclic) bond motifs is 1. The van der Waals surface area contributed by atoms with Gasteiger partial charge in [0.05, 0.1) is 13.0 Å². The van der Waals surface area contributed by atoms with Crippen LogP contribution in [0.15, 0.2) is 24.4 Å². The van der Waals surface area contributed by atoms with Crippen LogP contribution in [0.4, 0.5) is 0 Å². The summed E-state index contributed by atoms with van der Waals surface area (Å²) in [5, 5.41) is 0.835. The number of hydrogen-bond acceptors (Lipinski definition) is 3. The van der Waals surface area contributed by atoms with Crippen molar-refractivity contribution < 1.29 is 14.3 Å². The Kier molecular flexibility index (Phi) is 3.23. The lowest BCUT2D eigenvalue weighted by molar-refractivity contribution is -0.142. The van der Waals surface area contributed by atoms with E-state index in [-0.39, 0.29) is 12.4 Å². The van der Waals surface area contributed by atoms with E-state index in [1.807, 2.05) is 18.2 Å². The highest BCUT2D eigenvalue weighted by Crippen LogP contribution is 2.21. The molecule has 0 aliphatic rings. The van der Waals surface area contributed by atoms with Crippen LogP contribution in [-0.2, 0) is 16.0 Å². The number of benzene rings is 1. The molecular formula is C13H13NO3. The largest absolute Gasteiger partial charge is 0.466 e. The van der Waals surface area contributed by atoms with E-state index in [1.165, 1.54) is 0 Å². The van der Waals surface area contributed by atoms with Gasteiger partial charge in [0.15, 0.2) is 6.29 Å². The monoisotopic (exact) mass is 231 g/mol. The van der Waals surface area contributed by atoms with Crippen LogP contribution in [0.2, 0.25) is 0 Å². The fourth-order valence-corrected chi connectivity index (χ4v) is 1.85. The number of carbonyl (C=O) groups excluding carboxylic acids is 2. The van der Waals surface area contributed by atoms with Gasteiger partial charge in [0.1, 0.15) is 0 Å². The highest BCUT2D eigenvalue weighted by molar-refractivity contribution is 5.99. The summed E-state index contributed by atoms with van der Waals surface area (Å²) in [6, 6.07) is 5.53. The maximum Gasteiger partial charge on any atom is 0.310 e. The van der Waals surface area contributed by atoms with E-state index >= 15 is 0 Å². The third-order valence-electron chi connectivity index (χ3n) is 2.60. The minimum Gasteiger partial charge on any atom is -0.466 e. The Morgan fingerprint density at radius 2 is 2.29 bits per heavy atom. The molecule has 0 amide bonds. The van der Waals surface area contributed by atoms with Gasteiger partial charge >= 0.3 is 5.97 Å². The van der Waals surface area contributed by atoms with Crippen molar-refractivity contribution in [2.45, 2.75) is 13.3 Å². The zero-order valence-corrected chi connectivity index (χ0v) is 9.53. The molecule has 2 aromatic rings. The number of aromatic nitrogens is 1. The Morgan fingerprint density at radius 1 is 1.47 bits per heavy atom. The van der Waals surface area contributed by atoms with Crippen molar-refractivity contribution in [1.29, 1.82) is 0 Å². The SMILES string of the molecule is CCOC(=O)Cc1cccc2c(C=O)c[nH]c12. The van der Waals surface area contributed by atoms with Crippen LogP contribution in [0.3, 0.4) is 0 Å². The van der Waals surface area contributed by atoms with Crippen molar-refractivity contribution in [3.8, 4) is 0 Å². The molecule has 0 fully saturated rings. The first kappa shape index (κ1) is 11.4. The Balaban J connectivity index is 2.38. The van der Waals surface area contributed by atoms with Crippen molar-refractivity contribution in [3.63, 3.8) is 0 Å². The summed E-state index contributed by atoms with van der Waals surface area (Å²) < 4.78 is 4.91. The molecule has 0 bridgehead atoms. The summed E-state index contributed by atoms with van der Waals surface area (Å²) in [4.78, 5) is 25.2. The van der Waals surface area contributed by atoms with Crippen molar-refractivity contribution >= 4 is 23.2 Å². The van der Waals surface area contributed by atoms with Crippen LogP contribution in [0.5, 0.6) is 0 Å². The highest BCUT2D eigenvalue weighted by atomic mass is 16.5. The molecule has 0 atom stereocenters. The van der Waals surface area contributed by atoms with Gasteiger partial charge in [-0.1, -0.05) is 18.2 Å². The fraction of sp³-hybridized carbons (Fsp3) is 0.231. The number of aldehydes is 1. The van der Waals surface area contributed by atoms with E-state index in [0.29, 0.717) is 12.2 Å². The first-order chi connectivity index (χ1) is 8.26. The summed E-state index contributed by atoms with van der Waals surface area (Å²) in [5.74, 6) is -0.262. The van der Waals surface area contributed by atoms with E-state index in [4.69, 9.17) is 4.74 Å². The first-order valence-corrected chi connectivity index (χ1v) is 5.46. The molecule has 0 unspecified atom stereocenters. The molecule has 1 aromatic carbocycles. The number of ether oxygens (including phenoxy) is 1. The maximum absolute atomic E-state index is 11.4. The number of hydrogen-bond donors (Lipinski definition) is 1. The van der Waals surface area contributed by atoms with E-state index < -0.39 is 0 Å². The average molecular weight is 231 g/mol. The number of para-hydroxylation sites is 1. The van der Waals surface area contributed by atoms with Crippen molar-refractivity contribution in [1.82, 2.24) is 4.98 Å². The van der Waals surface area contributed by atoms with E-state index in [0.717, 1.165) is 22.8 Å². The van der Waals surface area contributed by atoms with Crippen molar-refractivity contribution in [3.05, 3.63) is 35.5 Å². The summed E-state index contributed by atoms with van der Waals surface area (Å²) in [6.07, 6.45) is 2.66. The Hall–Kier alpha value is -2.10. The first-order valence-electron chi connectivity index (χ1n) is 5.46. The van der Waals surface area contributed by atoms with Crippen molar-refractivity contribution in [2.75, 3.05) is 6.61 Å². The molecule has 4 nitrogen and oxygen atoms in total. The second-order valence-electron chi connectivity index (χ2n) is 3.68. The molecule has 1 N–H and O–H groups in total. The number of carbonyl (C=O) groups is 2. The van der Waals surface area contributed by atoms with Crippen LogP contribution in [0.1, 0.15) is 22.8 Å². The summed E-state index contributed by atoms with van der Waals surface area (Å²) in [7, 11) is 0. The van der Waals surface area contributed by atoms with Gasteiger partial charge < -0.3 is 9.72 Å². The summed E-state index contributed by atoms with van der Waals surface area (Å²) >= 11 is 0. The standard InChI is InChI=1S/C13H13NO3/c1-2-17-12(16)6-9-4-3-5-11-10(8-15)7-14-13(9)11/h3-5,7-8,14H,2,6H2,1H3. The van der Waals surface area contributed by atoms with E-state index in [1.54, 1.807) is 13.1 Å². The molecule has 88 valence electrons. The Labute approximate surface area is 98.6 Å². The molecule has 0 spiro atoms. The number of aromatic amines is 1. The van der Waals surface area contributed by atoms with Crippen LogP contribution < -0.4 is 0 Å². The molecule has 0 aliphatic carbocycles. The van der Waals surface area contributed by atoms with Gasteiger partial charge in [-0.05, 0) is 12.5 Å². The lowest BCUT2D eigenvalue weighted by Crippen LogP contribution is -2.07. The highest BCUT2D eigenvalue weighted by Gasteiger charge is 2.10. The quantitative estimate of drug-likeness (QED) is 0.647. The molecule has 4 heteroatoms. The summed E-state index contributed by atoms with van der Waals surface area (Å²) in [5.41, 5.74) is 2.27. The van der Waals surface area contributed by atoms with Crippen LogP contribution in [0.25, 0.3) is 10.9 Å². The average Bonchev–Trinajstić information content (AvgIpc) is 2.73. The van der Waals surface area contributed by atoms with Gasteiger partial charge in [-0.15, -0.1) is 0 Å². The molecule has 0 aliphatic heterocycles. The zero-order chi connectivity index (χ0) is 12.3. The van der Waals surface area contributed by atoms with Gasteiger partial charge in [-0.3, -0.25) is 9.59 Å². The van der Waals surface area contributed by atoms with E-state index in [9.17, 15) is 9.59 Å². The predicted molar refractivity (Wildman–Crippen MR) is 64.0 cm³/mol. The molecular weight excluding hydrogens is 218 g/mol. The van der Waals surface area contributed by atoms with E-state index in [2.05, 4.69) is 4.98 Å². The van der Waals surface area contributed by atoms with Gasteiger partial charge in [-0.2, -0.15) is 0 Å². The minimum atomic E-state index is -0.262. The smallest absolute Gasteiger partial charge is 0.310 e. The lowest BCUT2D eigenvalue weighted by atomic mass is 10.1. The normalized spacial score (nSPS) is 10.4. The fourth-order valence-electron chi connectivity index (χ4n) is 1.85. The van der Waals surface area contributed by atoms with Gasteiger partial charge in [0, 0.05) is 22.7 Å². The Morgan fingerprint density at radius 3 is 3.00 bits per heavy atom.